The average Bonchev–Trinajstić information content (AvgIpc) is 3.31. The van der Waals surface area contributed by atoms with E-state index in [0.29, 0.717) is 13.1 Å². The number of rotatable bonds is 5. The van der Waals surface area contributed by atoms with E-state index in [1.54, 1.807) is 4.31 Å². The van der Waals surface area contributed by atoms with E-state index < -0.39 is 10.2 Å². The molecule has 5 nitrogen and oxygen atoms in total. The maximum Gasteiger partial charge on any atom is 0.282 e. The third-order valence-electron chi connectivity index (χ3n) is 5.64. The molecule has 1 saturated heterocycles. The third kappa shape index (κ3) is 3.91. The summed E-state index contributed by atoms with van der Waals surface area (Å²) in [6.45, 7) is 7.15. The Hall–Kier alpha value is -0.170. The van der Waals surface area contributed by atoms with Crippen molar-refractivity contribution in [1.29, 1.82) is 0 Å². The van der Waals surface area contributed by atoms with Gasteiger partial charge in [-0.1, -0.05) is 13.3 Å². The molecule has 23 heavy (non-hydrogen) atoms. The van der Waals surface area contributed by atoms with Gasteiger partial charge in [-0.15, -0.1) is 0 Å². The minimum absolute atomic E-state index is 0.0228. The van der Waals surface area contributed by atoms with E-state index >= 15 is 0 Å². The molecule has 0 bridgehead atoms. The molecular weight excluding hydrogens is 312 g/mol. The molecule has 3 aliphatic rings. The standard InChI is InChI=1S/C17H32N2O3S/c1-4-15-5-7-16(8-6-15)19(17-9-10-17)23(20,21)18-11-13(2)22-14(3)12-18/h13-17H,4-12H2,1-3H3. The fourth-order valence-corrected chi connectivity index (χ4v) is 6.50. The number of morpholine rings is 1. The van der Waals surface area contributed by atoms with Gasteiger partial charge in [-0.05, 0) is 58.3 Å². The molecule has 3 rings (SSSR count). The molecule has 2 unspecified atom stereocenters. The van der Waals surface area contributed by atoms with Crippen molar-refractivity contribution in [2.45, 2.75) is 90.0 Å². The van der Waals surface area contributed by atoms with Crippen molar-refractivity contribution in [2.75, 3.05) is 13.1 Å². The van der Waals surface area contributed by atoms with Crippen molar-refractivity contribution in [3.8, 4) is 0 Å². The highest BCUT2D eigenvalue weighted by Crippen LogP contribution is 2.39. The Kier molecular flexibility index (Phi) is 5.36. The molecule has 0 radical (unpaired) electrons. The van der Waals surface area contributed by atoms with Crippen LogP contribution < -0.4 is 0 Å². The Balaban J connectivity index is 1.75. The zero-order valence-corrected chi connectivity index (χ0v) is 15.6. The average molecular weight is 345 g/mol. The van der Waals surface area contributed by atoms with Crippen LogP contribution in [0.5, 0.6) is 0 Å². The predicted molar refractivity (Wildman–Crippen MR) is 91.4 cm³/mol. The van der Waals surface area contributed by atoms with Crippen LogP contribution in [0.3, 0.4) is 0 Å². The minimum atomic E-state index is -3.36. The van der Waals surface area contributed by atoms with Gasteiger partial charge in [0.2, 0.25) is 0 Å². The highest BCUT2D eigenvalue weighted by molar-refractivity contribution is 7.86. The highest BCUT2D eigenvalue weighted by atomic mass is 32.2. The lowest BCUT2D eigenvalue weighted by molar-refractivity contribution is -0.0460. The molecule has 1 heterocycles. The largest absolute Gasteiger partial charge is 0.373 e. The van der Waals surface area contributed by atoms with E-state index in [1.807, 2.05) is 18.2 Å². The molecule has 0 N–H and O–H groups in total. The number of ether oxygens (including phenoxy) is 1. The summed E-state index contributed by atoms with van der Waals surface area (Å²) in [5.41, 5.74) is 0. The van der Waals surface area contributed by atoms with Crippen molar-refractivity contribution in [1.82, 2.24) is 8.61 Å². The van der Waals surface area contributed by atoms with Crippen molar-refractivity contribution < 1.29 is 13.2 Å². The summed E-state index contributed by atoms with van der Waals surface area (Å²) in [5.74, 6) is 0.790. The Morgan fingerprint density at radius 1 is 0.957 bits per heavy atom. The lowest BCUT2D eigenvalue weighted by atomic mass is 9.84. The van der Waals surface area contributed by atoms with E-state index in [1.165, 1.54) is 19.3 Å². The Bertz CT molecular complexity index is 488. The van der Waals surface area contributed by atoms with Gasteiger partial charge < -0.3 is 4.74 Å². The summed E-state index contributed by atoms with van der Waals surface area (Å²) in [5, 5.41) is 0. The maximum atomic E-state index is 13.3. The molecule has 0 aromatic carbocycles. The quantitative estimate of drug-likeness (QED) is 0.770. The molecule has 2 saturated carbocycles. The van der Waals surface area contributed by atoms with Gasteiger partial charge >= 0.3 is 0 Å². The lowest BCUT2D eigenvalue weighted by Crippen LogP contribution is -2.56. The topological polar surface area (TPSA) is 49.9 Å². The monoisotopic (exact) mass is 344 g/mol. The van der Waals surface area contributed by atoms with Crippen LogP contribution in [0.1, 0.15) is 65.7 Å². The molecule has 0 aromatic rings. The van der Waals surface area contributed by atoms with Crippen LogP contribution >= 0.6 is 0 Å². The second kappa shape index (κ2) is 6.98. The van der Waals surface area contributed by atoms with E-state index in [0.717, 1.165) is 31.6 Å². The van der Waals surface area contributed by atoms with E-state index in [9.17, 15) is 8.42 Å². The van der Waals surface area contributed by atoms with Gasteiger partial charge in [-0.25, -0.2) is 0 Å². The van der Waals surface area contributed by atoms with E-state index in [-0.39, 0.29) is 24.3 Å². The van der Waals surface area contributed by atoms with Gasteiger partial charge in [-0.2, -0.15) is 17.0 Å². The van der Waals surface area contributed by atoms with Crippen LogP contribution in [0.4, 0.5) is 0 Å². The summed E-state index contributed by atoms with van der Waals surface area (Å²) < 4.78 is 35.9. The first-order chi connectivity index (χ1) is 10.9. The molecule has 2 atom stereocenters. The zero-order chi connectivity index (χ0) is 16.6. The second-order valence-electron chi connectivity index (χ2n) is 7.73. The lowest BCUT2D eigenvalue weighted by Gasteiger charge is -2.41. The summed E-state index contributed by atoms with van der Waals surface area (Å²) >= 11 is 0. The first kappa shape index (κ1) is 17.6. The van der Waals surface area contributed by atoms with Crippen LogP contribution in [0, 0.1) is 5.92 Å². The highest BCUT2D eigenvalue weighted by Gasteiger charge is 2.46. The number of nitrogens with zero attached hydrogens (tertiary/aromatic N) is 2. The fourth-order valence-electron chi connectivity index (χ4n) is 4.26. The van der Waals surface area contributed by atoms with Gasteiger partial charge in [0, 0.05) is 25.2 Å². The van der Waals surface area contributed by atoms with Crippen molar-refractivity contribution in [3.05, 3.63) is 0 Å². The van der Waals surface area contributed by atoms with Gasteiger partial charge in [0.25, 0.3) is 10.2 Å². The van der Waals surface area contributed by atoms with E-state index in [4.69, 9.17) is 4.74 Å². The van der Waals surface area contributed by atoms with Gasteiger partial charge in [0.05, 0.1) is 12.2 Å². The molecule has 1 aliphatic heterocycles. The van der Waals surface area contributed by atoms with Crippen LogP contribution in [-0.2, 0) is 14.9 Å². The number of hydrogen-bond donors (Lipinski definition) is 0. The predicted octanol–water partition coefficient (Wildman–Crippen LogP) is 2.77. The normalized spacial score (nSPS) is 37.2. The molecule has 134 valence electrons. The second-order valence-corrected chi connectivity index (χ2v) is 9.56. The third-order valence-corrected chi connectivity index (χ3v) is 7.72. The van der Waals surface area contributed by atoms with Gasteiger partial charge in [0.15, 0.2) is 0 Å². The van der Waals surface area contributed by atoms with Crippen LogP contribution in [0.2, 0.25) is 0 Å². The van der Waals surface area contributed by atoms with Crippen molar-refractivity contribution in [3.63, 3.8) is 0 Å². The summed E-state index contributed by atoms with van der Waals surface area (Å²) in [7, 11) is -3.36. The van der Waals surface area contributed by atoms with Crippen LogP contribution in [0.15, 0.2) is 0 Å². The first-order valence-corrected chi connectivity index (χ1v) is 10.8. The molecule has 2 aliphatic carbocycles. The molecule has 0 amide bonds. The van der Waals surface area contributed by atoms with Crippen molar-refractivity contribution in [2.24, 2.45) is 5.92 Å². The van der Waals surface area contributed by atoms with E-state index in [2.05, 4.69) is 6.92 Å². The van der Waals surface area contributed by atoms with Crippen LogP contribution in [-0.4, -0.2) is 54.4 Å². The van der Waals surface area contributed by atoms with Crippen LogP contribution in [0.25, 0.3) is 0 Å². The Morgan fingerprint density at radius 2 is 1.43 bits per heavy atom. The smallest absolute Gasteiger partial charge is 0.282 e. The molecule has 3 fully saturated rings. The first-order valence-electron chi connectivity index (χ1n) is 9.35. The minimum Gasteiger partial charge on any atom is -0.373 e. The Morgan fingerprint density at radius 3 is 1.87 bits per heavy atom. The molecular formula is C17H32N2O3S. The molecule has 6 heteroatoms. The van der Waals surface area contributed by atoms with Gasteiger partial charge in [-0.3, -0.25) is 0 Å². The maximum absolute atomic E-state index is 13.3. The number of hydrogen-bond acceptors (Lipinski definition) is 3. The summed E-state index contributed by atoms with van der Waals surface area (Å²) in [4.78, 5) is 0. The fraction of sp³-hybridized carbons (Fsp3) is 1.00. The van der Waals surface area contributed by atoms with Gasteiger partial charge in [0.1, 0.15) is 0 Å². The summed E-state index contributed by atoms with van der Waals surface area (Å²) in [6, 6.07) is 0.459. The molecule has 0 aromatic heterocycles. The Labute approximate surface area is 141 Å². The molecule has 0 spiro atoms. The zero-order valence-electron chi connectivity index (χ0n) is 14.8. The van der Waals surface area contributed by atoms with Crippen molar-refractivity contribution >= 4 is 10.2 Å². The summed E-state index contributed by atoms with van der Waals surface area (Å²) in [6.07, 6.45) is 7.65. The SMILES string of the molecule is CCC1CCC(N(C2CC2)S(=O)(=O)N2CC(C)OC(C)C2)CC1.